The molecule has 1 unspecified atom stereocenters. The first-order valence-electron chi connectivity index (χ1n) is 6.68. The maximum Gasteiger partial charge on any atom is 0.0890 e. The lowest BCUT2D eigenvalue weighted by molar-refractivity contribution is 0.555. The third kappa shape index (κ3) is 2.81. The number of rotatable bonds is 4. The van der Waals surface area contributed by atoms with Gasteiger partial charge in [0, 0.05) is 18.8 Å². The molecule has 3 rings (SSSR count). The normalized spacial score (nSPS) is 12.4. The highest BCUT2D eigenvalue weighted by Crippen LogP contribution is 2.11. The molecule has 0 aliphatic carbocycles. The van der Waals surface area contributed by atoms with Crippen LogP contribution in [0.4, 0.5) is 0 Å². The number of para-hydroxylation sites is 2. The zero-order valence-electron chi connectivity index (χ0n) is 11.3. The van der Waals surface area contributed by atoms with Gasteiger partial charge >= 0.3 is 0 Å². The second kappa shape index (κ2) is 5.75. The molecular formula is C16H16N4. The maximum atomic E-state index is 4.60. The fourth-order valence-corrected chi connectivity index (χ4v) is 2.08. The molecule has 1 aromatic carbocycles. The van der Waals surface area contributed by atoms with Crippen LogP contribution in [-0.2, 0) is 6.54 Å². The van der Waals surface area contributed by atoms with Crippen molar-refractivity contribution in [3.8, 4) is 0 Å². The molecule has 4 nitrogen and oxygen atoms in total. The van der Waals surface area contributed by atoms with Gasteiger partial charge in [0.2, 0.25) is 0 Å². The van der Waals surface area contributed by atoms with E-state index < -0.39 is 0 Å². The molecule has 0 fully saturated rings. The predicted octanol–water partition coefficient (Wildman–Crippen LogP) is 2.88. The van der Waals surface area contributed by atoms with Gasteiger partial charge in [-0.15, -0.1) is 0 Å². The molecule has 3 aromatic rings. The van der Waals surface area contributed by atoms with E-state index >= 15 is 0 Å². The van der Waals surface area contributed by atoms with Gasteiger partial charge in [-0.25, -0.2) is 4.98 Å². The van der Waals surface area contributed by atoms with Crippen molar-refractivity contribution < 1.29 is 0 Å². The fourth-order valence-electron chi connectivity index (χ4n) is 2.08. The van der Waals surface area contributed by atoms with Gasteiger partial charge in [0.1, 0.15) is 0 Å². The van der Waals surface area contributed by atoms with Gasteiger partial charge in [0.15, 0.2) is 0 Å². The average Bonchev–Trinajstić information content (AvgIpc) is 2.53. The highest BCUT2D eigenvalue weighted by Gasteiger charge is 2.06. The van der Waals surface area contributed by atoms with Crippen LogP contribution in [-0.4, -0.2) is 15.0 Å². The van der Waals surface area contributed by atoms with Gasteiger partial charge in [-0.05, 0) is 31.2 Å². The van der Waals surface area contributed by atoms with Crippen LogP contribution in [0.5, 0.6) is 0 Å². The van der Waals surface area contributed by atoms with Crippen LogP contribution in [0.25, 0.3) is 11.0 Å². The number of fused-ring (bicyclic) bond motifs is 1. The van der Waals surface area contributed by atoms with Gasteiger partial charge in [-0.1, -0.05) is 18.2 Å². The molecule has 0 saturated heterocycles. The average molecular weight is 264 g/mol. The quantitative estimate of drug-likeness (QED) is 0.787. The lowest BCUT2D eigenvalue weighted by Crippen LogP contribution is -2.19. The molecule has 4 heteroatoms. The van der Waals surface area contributed by atoms with E-state index in [-0.39, 0.29) is 6.04 Å². The maximum absolute atomic E-state index is 4.60. The van der Waals surface area contributed by atoms with Crippen molar-refractivity contribution in [2.75, 3.05) is 0 Å². The van der Waals surface area contributed by atoms with E-state index in [0.29, 0.717) is 6.54 Å². The first kappa shape index (κ1) is 12.7. The van der Waals surface area contributed by atoms with Crippen LogP contribution >= 0.6 is 0 Å². The van der Waals surface area contributed by atoms with E-state index in [1.807, 2.05) is 54.9 Å². The Bertz CT molecular complexity index is 697. The Kier molecular flexibility index (Phi) is 3.65. The molecule has 0 spiro atoms. The summed E-state index contributed by atoms with van der Waals surface area (Å²) in [4.78, 5) is 13.4. The minimum Gasteiger partial charge on any atom is -0.303 e. The molecule has 0 amide bonds. The van der Waals surface area contributed by atoms with E-state index in [4.69, 9.17) is 0 Å². The molecule has 1 atom stereocenters. The van der Waals surface area contributed by atoms with Crippen molar-refractivity contribution >= 4 is 11.0 Å². The number of nitrogens with one attached hydrogen (secondary N) is 1. The number of benzene rings is 1. The second-order valence-electron chi connectivity index (χ2n) is 4.71. The Morgan fingerprint density at radius 1 is 1.00 bits per heavy atom. The largest absolute Gasteiger partial charge is 0.303 e. The standard InChI is InChI=1S/C16H16N4/c1-12(14-6-4-5-9-17-14)18-10-13-11-19-15-7-2-3-8-16(15)20-13/h2-9,11-12,18H,10H2,1H3. The first-order chi connectivity index (χ1) is 9.83. The summed E-state index contributed by atoms with van der Waals surface area (Å²) in [6.07, 6.45) is 3.63. The summed E-state index contributed by atoms with van der Waals surface area (Å²) in [7, 11) is 0. The van der Waals surface area contributed by atoms with E-state index in [2.05, 4.69) is 27.2 Å². The fraction of sp³-hybridized carbons (Fsp3) is 0.188. The van der Waals surface area contributed by atoms with Gasteiger partial charge in [0.05, 0.1) is 28.6 Å². The summed E-state index contributed by atoms with van der Waals surface area (Å²) >= 11 is 0. The van der Waals surface area contributed by atoms with Crippen molar-refractivity contribution in [1.29, 1.82) is 0 Å². The molecule has 2 heterocycles. The summed E-state index contributed by atoms with van der Waals surface area (Å²) < 4.78 is 0. The Morgan fingerprint density at radius 3 is 2.60 bits per heavy atom. The highest BCUT2D eigenvalue weighted by atomic mass is 15.0. The number of pyridine rings is 1. The molecule has 2 aromatic heterocycles. The molecule has 0 radical (unpaired) electrons. The molecule has 0 aliphatic heterocycles. The molecule has 0 aliphatic rings. The van der Waals surface area contributed by atoms with Crippen LogP contribution in [0, 0.1) is 0 Å². The number of hydrogen-bond acceptors (Lipinski definition) is 4. The van der Waals surface area contributed by atoms with Crippen molar-refractivity contribution in [1.82, 2.24) is 20.3 Å². The lowest BCUT2D eigenvalue weighted by atomic mass is 10.2. The minimum absolute atomic E-state index is 0.185. The van der Waals surface area contributed by atoms with Gasteiger partial charge < -0.3 is 5.32 Å². The minimum atomic E-state index is 0.185. The number of hydrogen-bond donors (Lipinski definition) is 1. The predicted molar refractivity (Wildman–Crippen MR) is 79.0 cm³/mol. The van der Waals surface area contributed by atoms with E-state index in [1.54, 1.807) is 0 Å². The van der Waals surface area contributed by atoms with Crippen molar-refractivity contribution in [2.45, 2.75) is 19.5 Å². The summed E-state index contributed by atoms with van der Waals surface area (Å²) in [5.74, 6) is 0. The second-order valence-corrected chi connectivity index (χ2v) is 4.71. The zero-order chi connectivity index (χ0) is 13.8. The molecule has 100 valence electrons. The van der Waals surface area contributed by atoms with Gasteiger partial charge in [0.25, 0.3) is 0 Å². The highest BCUT2D eigenvalue weighted by molar-refractivity contribution is 5.73. The smallest absolute Gasteiger partial charge is 0.0890 e. The zero-order valence-corrected chi connectivity index (χ0v) is 11.3. The Morgan fingerprint density at radius 2 is 1.80 bits per heavy atom. The van der Waals surface area contributed by atoms with Crippen molar-refractivity contribution in [3.63, 3.8) is 0 Å². The van der Waals surface area contributed by atoms with Crippen LogP contribution in [0.2, 0.25) is 0 Å². The number of nitrogens with zero attached hydrogens (tertiary/aromatic N) is 3. The van der Waals surface area contributed by atoms with E-state index in [0.717, 1.165) is 22.4 Å². The Hall–Kier alpha value is -2.33. The first-order valence-corrected chi connectivity index (χ1v) is 6.68. The van der Waals surface area contributed by atoms with Crippen molar-refractivity contribution in [3.05, 3.63) is 66.2 Å². The molecule has 1 N–H and O–H groups in total. The van der Waals surface area contributed by atoms with Crippen LogP contribution < -0.4 is 5.32 Å². The van der Waals surface area contributed by atoms with Gasteiger partial charge in [-0.3, -0.25) is 9.97 Å². The third-order valence-electron chi connectivity index (χ3n) is 3.22. The van der Waals surface area contributed by atoms with Crippen LogP contribution in [0.3, 0.4) is 0 Å². The van der Waals surface area contributed by atoms with E-state index in [1.165, 1.54) is 0 Å². The van der Waals surface area contributed by atoms with Crippen LogP contribution in [0.15, 0.2) is 54.9 Å². The lowest BCUT2D eigenvalue weighted by Gasteiger charge is -2.12. The molecule has 20 heavy (non-hydrogen) atoms. The molecular weight excluding hydrogens is 248 g/mol. The van der Waals surface area contributed by atoms with Crippen LogP contribution in [0.1, 0.15) is 24.4 Å². The molecule has 0 bridgehead atoms. The number of aromatic nitrogens is 3. The van der Waals surface area contributed by atoms with Crippen molar-refractivity contribution in [2.24, 2.45) is 0 Å². The Labute approximate surface area is 117 Å². The topological polar surface area (TPSA) is 50.7 Å². The Balaban J connectivity index is 1.70. The summed E-state index contributed by atoms with van der Waals surface area (Å²) in [6, 6.07) is 14.0. The third-order valence-corrected chi connectivity index (χ3v) is 3.22. The summed E-state index contributed by atoms with van der Waals surface area (Å²) in [5.41, 5.74) is 3.82. The summed E-state index contributed by atoms with van der Waals surface area (Å²) in [6.45, 7) is 2.77. The van der Waals surface area contributed by atoms with E-state index in [9.17, 15) is 0 Å². The SMILES string of the molecule is CC(NCc1cnc2ccccc2n1)c1ccccn1. The monoisotopic (exact) mass is 264 g/mol. The van der Waals surface area contributed by atoms with Gasteiger partial charge in [-0.2, -0.15) is 0 Å². The molecule has 0 saturated carbocycles. The summed E-state index contributed by atoms with van der Waals surface area (Å²) in [5, 5.41) is 3.41.